The third-order valence-corrected chi connectivity index (χ3v) is 6.15. The van der Waals surface area contributed by atoms with E-state index < -0.39 is 17.2 Å². The molecular formula is C26H24N6O4. The molecule has 1 aliphatic rings. The summed E-state index contributed by atoms with van der Waals surface area (Å²) in [4.78, 5) is 53.5. The molecule has 0 unspecified atom stereocenters. The van der Waals surface area contributed by atoms with Gasteiger partial charge < -0.3 is 19.5 Å². The van der Waals surface area contributed by atoms with E-state index in [1.807, 2.05) is 30.3 Å². The van der Waals surface area contributed by atoms with Gasteiger partial charge in [0.25, 0.3) is 11.5 Å². The second-order valence-corrected chi connectivity index (χ2v) is 8.25. The summed E-state index contributed by atoms with van der Waals surface area (Å²) in [6.45, 7) is 1.90. The molecule has 1 saturated heterocycles. The lowest BCUT2D eigenvalue weighted by molar-refractivity contribution is 0.0743. The standard InChI is InChI=1S/C26H24N6O4/c1-36-20-9-7-18(8-10-20)22-15-23(29-17-28-22)30-11-13-31(14-12-30)24(33)21-16-27-26(35)32(25(21)34)19-5-3-2-4-6-19/h2-10,15-17H,11-14H2,1H3,(H,27,35). The van der Waals surface area contributed by atoms with Crippen LogP contribution in [0.4, 0.5) is 5.82 Å². The molecule has 5 rings (SSSR count). The molecule has 0 saturated carbocycles. The van der Waals surface area contributed by atoms with Crippen LogP contribution in [0.1, 0.15) is 10.4 Å². The Hall–Kier alpha value is -4.73. The van der Waals surface area contributed by atoms with Gasteiger partial charge in [-0.15, -0.1) is 0 Å². The van der Waals surface area contributed by atoms with Crippen molar-refractivity contribution < 1.29 is 9.53 Å². The van der Waals surface area contributed by atoms with Gasteiger partial charge in [0, 0.05) is 44.0 Å². The molecular weight excluding hydrogens is 460 g/mol. The van der Waals surface area contributed by atoms with Crippen LogP contribution < -0.4 is 20.9 Å². The third-order valence-electron chi connectivity index (χ3n) is 6.15. The molecule has 3 heterocycles. The van der Waals surface area contributed by atoms with E-state index in [4.69, 9.17) is 4.74 Å². The Morgan fingerprint density at radius 3 is 2.36 bits per heavy atom. The van der Waals surface area contributed by atoms with Crippen molar-refractivity contribution in [2.75, 3.05) is 38.2 Å². The molecule has 10 heteroatoms. The number of aromatic amines is 1. The van der Waals surface area contributed by atoms with E-state index in [-0.39, 0.29) is 5.56 Å². The number of anilines is 1. The van der Waals surface area contributed by atoms with Crippen LogP contribution >= 0.6 is 0 Å². The number of amides is 1. The van der Waals surface area contributed by atoms with E-state index in [9.17, 15) is 14.4 Å². The molecule has 1 fully saturated rings. The second-order valence-electron chi connectivity index (χ2n) is 8.25. The first-order chi connectivity index (χ1) is 17.5. The van der Waals surface area contributed by atoms with Crippen molar-refractivity contribution in [3.05, 3.63) is 99.6 Å². The minimum atomic E-state index is -0.641. The summed E-state index contributed by atoms with van der Waals surface area (Å²) in [7, 11) is 1.62. The van der Waals surface area contributed by atoms with E-state index in [2.05, 4.69) is 19.9 Å². The van der Waals surface area contributed by atoms with Gasteiger partial charge in [0.1, 0.15) is 23.5 Å². The minimum Gasteiger partial charge on any atom is -0.497 e. The fourth-order valence-electron chi connectivity index (χ4n) is 4.19. The van der Waals surface area contributed by atoms with Crippen molar-refractivity contribution >= 4 is 11.7 Å². The summed E-state index contributed by atoms with van der Waals surface area (Å²) in [6.07, 6.45) is 2.73. The lowest BCUT2D eigenvalue weighted by Gasteiger charge is -2.35. The lowest BCUT2D eigenvalue weighted by Crippen LogP contribution is -2.50. The van der Waals surface area contributed by atoms with Crippen molar-refractivity contribution in [1.82, 2.24) is 24.4 Å². The number of hydrogen-bond acceptors (Lipinski definition) is 7. The molecule has 1 aliphatic heterocycles. The highest BCUT2D eigenvalue weighted by Gasteiger charge is 2.26. The molecule has 10 nitrogen and oxygen atoms in total. The molecule has 0 radical (unpaired) electrons. The van der Waals surface area contributed by atoms with E-state index in [0.717, 1.165) is 27.4 Å². The van der Waals surface area contributed by atoms with Crippen LogP contribution in [0.2, 0.25) is 0 Å². The van der Waals surface area contributed by atoms with Gasteiger partial charge in [0.05, 0.1) is 18.5 Å². The largest absolute Gasteiger partial charge is 0.497 e. The number of para-hydroxylation sites is 1. The van der Waals surface area contributed by atoms with Crippen LogP contribution in [-0.2, 0) is 0 Å². The number of methoxy groups -OCH3 is 1. The van der Waals surface area contributed by atoms with Crippen molar-refractivity contribution in [3.63, 3.8) is 0 Å². The lowest BCUT2D eigenvalue weighted by atomic mass is 10.1. The van der Waals surface area contributed by atoms with E-state index >= 15 is 0 Å². The third kappa shape index (κ3) is 4.48. The van der Waals surface area contributed by atoms with Crippen molar-refractivity contribution in [2.24, 2.45) is 0 Å². The van der Waals surface area contributed by atoms with Gasteiger partial charge in [-0.25, -0.2) is 19.3 Å². The Labute approximate surface area is 206 Å². The van der Waals surface area contributed by atoms with Crippen molar-refractivity contribution in [2.45, 2.75) is 0 Å². The van der Waals surface area contributed by atoms with E-state index in [1.54, 1.807) is 42.3 Å². The number of benzene rings is 2. The average molecular weight is 485 g/mol. The predicted octanol–water partition coefficient (Wildman–Crippen LogP) is 1.95. The first-order valence-electron chi connectivity index (χ1n) is 11.5. The number of nitrogens with one attached hydrogen (secondary N) is 1. The highest BCUT2D eigenvalue weighted by molar-refractivity contribution is 5.93. The van der Waals surface area contributed by atoms with Crippen LogP contribution in [-0.4, -0.2) is 63.6 Å². The Morgan fingerprint density at radius 1 is 0.944 bits per heavy atom. The zero-order chi connectivity index (χ0) is 25.1. The number of carbonyl (C=O) groups is 1. The fraction of sp³-hybridized carbons (Fsp3) is 0.192. The van der Waals surface area contributed by atoms with Gasteiger partial charge in [-0.2, -0.15) is 0 Å². The van der Waals surface area contributed by atoms with Gasteiger partial charge in [0.15, 0.2) is 0 Å². The maximum absolute atomic E-state index is 13.2. The van der Waals surface area contributed by atoms with Crippen molar-refractivity contribution in [3.8, 4) is 22.7 Å². The first-order valence-corrected chi connectivity index (χ1v) is 11.5. The van der Waals surface area contributed by atoms with Crippen LogP contribution in [0, 0.1) is 0 Å². The quantitative estimate of drug-likeness (QED) is 0.461. The molecule has 2 aromatic heterocycles. The summed E-state index contributed by atoms with van der Waals surface area (Å²) in [5.74, 6) is 1.12. The van der Waals surface area contributed by atoms with Gasteiger partial charge in [-0.3, -0.25) is 9.59 Å². The topological polar surface area (TPSA) is 113 Å². The Kier molecular flexibility index (Phi) is 6.31. The number of hydrogen-bond donors (Lipinski definition) is 1. The van der Waals surface area contributed by atoms with Crippen LogP contribution in [0.3, 0.4) is 0 Å². The van der Waals surface area contributed by atoms with E-state index in [1.165, 1.54) is 12.5 Å². The maximum Gasteiger partial charge on any atom is 0.333 e. The fourth-order valence-corrected chi connectivity index (χ4v) is 4.19. The van der Waals surface area contributed by atoms with Gasteiger partial charge >= 0.3 is 5.69 Å². The zero-order valence-electron chi connectivity index (χ0n) is 19.6. The smallest absolute Gasteiger partial charge is 0.333 e. The highest BCUT2D eigenvalue weighted by Crippen LogP contribution is 2.24. The SMILES string of the molecule is COc1ccc(-c2cc(N3CCN(C(=O)c4c[nH]c(=O)n(-c5ccccc5)c4=O)CC3)ncn2)cc1. The molecule has 0 spiro atoms. The Balaban J connectivity index is 1.31. The molecule has 0 aliphatic carbocycles. The number of ether oxygens (including phenoxy) is 1. The predicted molar refractivity (Wildman–Crippen MR) is 135 cm³/mol. The normalized spacial score (nSPS) is 13.5. The molecule has 1 amide bonds. The molecule has 0 atom stereocenters. The van der Waals surface area contributed by atoms with Crippen molar-refractivity contribution in [1.29, 1.82) is 0 Å². The number of piperazine rings is 1. The van der Waals surface area contributed by atoms with Gasteiger partial charge in [-0.05, 0) is 36.4 Å². The summed E-state index contributed by atoms with van der Waals surface area (Å²) < 4.78 is 6.19. The average Bonchev–Trinajstić information content (AvgIpc) is 2.94. The minimum absolute atomic E-state index is 0.0734. The van der Waals surface area contributed by atoms with Crippen LogP contribution in [0.5, 0.6) is 5.75 Å². The number of nitrogens with zero attached hydrogens (tertiary/aromatic N) is 5. The number of carbonyl (C=O) groups excluding carboxylic acids is 1. The summed E-state index contributed by atoms with van der Waals surface area (Å²) >= 11 is 0. The molecule has 182 valence electrons. The zero-order valence-corrected chi connectivity index (χ0v) is 19.6. The highest BCUT2D eigenvalue weighted by atomic mass is 16.5. The second kappa shape index (κ2) is 9.87. The van der Waals surface area contributed by atoms with Crippen LogP contribution in [0.15, 0.2) is 82.8 Å². The summed E-state index contributed by atoms with van der Waals surface area (Å²) in [5.41, 5.74) is 0.827. The van der Waals surface area contributed by atoms with Gasteiger partial charge in [0.2, 0.25) is 0 Å². The number of H-pyrrole nitrogens is 1. The molecule has 4 aromatic rings. The maximum atomic E-state index is 13.2. The molecule has 36 heavy (non-hydrogen) atoms. The van der Waals surface area contributed by atoms with Gasteiger partial charge in [-0.1, -0.05) is 18.2 Å². The van der Waals surface area contributed by atoms with Crippen LogP contribution in [0.25, 0.3) is 16.9 Å². The molecule has 2 aromatic carbocycles. The summed E-state index contributed by atoms with van der Waals surface area (Å²) in [5, 5.41) is 0. The monoisotopic (exact) mass is 484 g/mol. The number of aromatic nitrogens is 4. The Morgan fingerprint density at radius 2 is 1.67 bits per heavy atom. The van der Waals surface area contributed by atoms with E-state index in [0.29, 0.717) is 31.9 Å². The number of rotatable bonds is 5. The first kappa shape index (κ1) is 23.0. The molecule has 0 bridgehead atoms. The Bertz CT molecular complexity index is 1490. The molecule has 1 N–H and O–H groups in total. The summed E-state index contributed by atoms with van der Waals surface area (Å²) in [6, 6.07) is 18.1.